The number of aliphatic hydroxyl groups is 2. The lowest BCUT2D eigenvalue weighted by atomic mass is 10.0. The van der Waals surface area contributed by atoms with Crippen molar-refractivity contribution in [1.29, 1.82) is 0 Å². The highest BCUT2D eigenvalue weighted by molar-refractivity contribution is 6.80. The van der Waals surface area contributed by atoms with Gasteiger partial charge in [0, 0.05) is 48.8 Å². The van der Waals surface area contributed by atoms with Gasteiger partial charge in [0.15, 0.2) is 0 Å². The SMILES string of the molecule is C.C.C.C.C.C.CO[Si](C)(CCCOCC(C)(O)C(C)O)O[Si](C)(C)O.CO[Si](C)(CCCOCC1(C)OC1C)OC.CO[Si](C)(OC)c1ccccc1. The summed E-state index contributed by atoms with van der Waals surface area (Å²) in [5, 5.41) is 20.3. The van der Waals surface area contributed by atoms with Crippen molar-refractivity contribution in [2.45, 2.75) is 153 Å². The van der Waals surface area contributed by atoms with Gasteiger partial charge in [-0.3, -0.25) is 0 Å². The van der Waals surface area contributed by atoms with Crippen LogP contribution in [0.4, 0.5) is 0 Å². The molecule has 1 aliphatic rings. The lowest BCUT2D eigenvalue weighted by molar-refractivity contribution is -0.102. The Balaban J connectivity index is -0.000000119. The molecule has 0 spiro atoms. The third-order valence-electron chi connectivity index (χ3n) is 8.61. The second kappa shape index (κ2) is 31.6. The van der Waals surface area contributed by atoms with Gasteiger partial charge in [0.25, 0.3) is 0 Å². The van der Waals surface area contributed by atoms with Gasteiger partial charge < -0.3 is 55.5 Å². The number of ether oxygens (including phenoxy) is 3. The smallest absolute Gasteiger partial charge is 0.368 e. The Hall–Kier alpha value is -0.392. The van der Waals surface area contributed by atoms with E-state index < -0.39 is 45.9 Å². The zero-order valence-corrected chi connectivity index (χ0v) is 36.2. The van der Waals surface area contributed by atoms with Crippen LogP contribution in [0.5, 0.6) is 0 Å². The Bertz CT molecular complexity index is 981. The average Bonchev–Trinajstić information content (AvgIpc) is 3.65. The first-order valence-corrected chi connectivity index (χ1v) is 26.8. The summed E-state index contributed by atoms with van der Waals surface area (Å²) in [6, 6.07) is 11.7. The zero-order chi connectivity index (χ0) is 37.3. The van der Waals surface area contributed by atoms with E-state index in [1.807, 2.05) is 43.4 Å². The van der Waals surface area contributed by atoms with Crippen molar-refractivity contribution < 1.29 is 55.5 Å². The fourth-order valence-corrected chi connectivity index (χ4v) is 13.0. The van der Waals surface area contributed by atoms with Gasteiger partial charge in [0.1, 0.15) is 11.2 Å². The van der Waals surface area contributed by atoms with Crippen LogP contribution in [-0.4, -0.2) is 135 Å². The van der Waals surface area contributed by atoms with E-state index in [2.05, 4.69) is 20.4 Å². The molecule has 332 valence electrons. The third kappa shape index (κ3) is 27.3. The van der Waals surface area contributed by atoms with Gasteiger partial charge in [-0.05, 0) is 90.5 Å². The molecule has 0 amide bonds. The number of rotatable bonds is 21. The predicted molar refractivity (Wildman–Crippen MR) is 239 cm³/mol. The Labute approximate surface area is 339 Å². The van der Waals surface area contributed by atoms with Crippen molar-refractivity contribution >= 4 is 39.4 Å². The molecular weight excluding hydrogens is 761 g/mol. The standard InChI is InChI=1S/C12H30O6Si2.C11H24O4Si.C9H14O2Si.6CH4/c1-11(13)12(2,14)10-17-8-7-9-20(6,16-3)18-19(4,5)15;1-10-11(2,15-10)9-14-7-6-8-16(5,12-3)13-4;1-10-12(3,11-2)9-7-5-4-6-8-9;;;;;;/h11,13-15H,7-10H2,1-6H3;10H,6-9H2,1-5H3;4-8H,1-3H3;6*1H4. The maximum atomic E-state index is 9.83. The van der Waals surface area contributed by atoms with Crippen molar-refractivity contribution in [3.05, 3.63) is 30.3 Å². The van der Waals surface area contributed by atoms with E-state index >= 15 is 0 Å². The zero-order valence-electron chi connectivity index (χ0n) is 32.2. The Morgan fingerprint density at radius 1 is 0.759 bits per heavy atom. The highest BCUT2D eigenvalue weighted by Crippen LogP contribution is 2.35. The van der Waals surface area contributed by atoms with Crippen LogP contribution >= 0.6 is 0 Å². The lowest BCUT2D eigenvalue weighted by Crippen LogP contribution is -2.49. The molecule has 1 heterocycles. The number of epoxide rings is 1. The summed E-state index contributed by atoms with van der Waals surface area (Å²) in [4.78, 5) is 9.83. The van der Waals surface area contributed by atoms with Crippen LogP contribution in [0.3, 0.4) is 0 Å². The maximum absolute atomic E-state index is 9.83. The number of hydrogen-bond donors (Lipinski definition) is 3. The van der Waals surface area contributed by atoms with Crippen molar-refractivity contribution in [2.24, 2.45) is 0 Å². The average molecular weight is 853 g/mol. The predicted octanol–water partition coefficient (Wildman–Crippen LogP) is 7.96. The summed E-state index contributed by atoms with van der Waals surface area (Å²) >= 11 is 0. The summed E-state index contributed by atoms with van der Waals surface area (Å²) < 4.78 is 49.2. The van der Waals surface area contributed by atoms with E-state index in [9.17, 15) is 15.0 Å². The molecule has 3 N–H and O–H groups in total. The fourth-order valence-electron chi connectivity index (χ4n) is 4.26. The van der Waals surface area contributed by atoms with Gasteiger partial charge >= 0.3 is 34.2 Å². The first-order chi connectivity index (χ1) is 22.1. The molecule has 1 aromatic carbocycles. The highest BCUT2D eigenvalue weighted by atomic mass is 28.5. The molecule has 0 saturated carbocycles. The number of aliphatic hydroxyl groups excluding tert-OH is 1. The van der Waals surface area contributed by atoms with Crippen molar-refractivity contribution in [3.63, 3.8) is 0 Å². The molecule has 1 aliphatic heterocycles. The van der Waals surface area contributed by atoms with Gasteiger partial charge in [-0.1, -0.05) is 74.9 Å². The van der Waals surface area contributed by atoms with Gasteiger partial charge in [0.2, 0.25) is 0 Å². The summed E-state index contributed by atoms with van der Waals surface area (Å²) in [5.41, 5.74) is -1.28. The van der Waals surface area contributed by atoms with Crippen LogP contribution in [0.15, 0.2) is 30.3 Å². The molecule has 0 aromatic heterocycles. The molecule has 5 atom stereocenters. The third-order valence-corrected chi connectivity index (χ3v) is 20.4. The van der Waals surface area contributed by atoms with E-state index in [-0.39, 0.29) is 56.8 Å². The molecule has 1 aromatic rings. The van der Waals surface area contributed by atoms with E-state index in [0.717, 1.165) is 30.7 Å². The van der Waals surface area contributed by atoms with Crippen LogP contribution in [0.25, 0.3) is 0 Å². The molecule has 1 fully saturated rings. The second-order valence-corrected chi connectivity index (χ2v) is 27.3. The molecule has 16 heteroatoms. The van der Waals surface area contributed by atoms with E-state index in [1.165, 1.54) is 13.8 Å². The molecule has 54 heavy (non-hydrogen) atoms. The van der Waals surface area contributed by atoms with Crippen molar-refractivity contribution in [1.82, 2.24) is 0 Å². The first-order valence-electron chi connectivity index (χ1n) is 16.6. The van der Waals surface area contributed by atoms with E-state index in [1.54, 1.807) is 48.6 Å². The molecule has 1 saturated heterocycles. The van der Waals surface area contributed by atoms with Crippen LogP contribution < -0.4 is 5.19 Å². The highest BCUT2D eigenvalue weighted by Gasteiger charge is 2.49. The van der Waals surface area contributed by atoms with Gasteiger partial charge in [-0.15, -0.1) is 0 Å². The van der Waals surface area contributed by atoms with E-state index in [0.29, 0.717) is 25.4 Å². The van der Waals surface area contributed by atoms with Crippen LogP contribution in [0.1, 0.15) is 85.1 Å². The Morgan fingerprint density at radius 3 is 1.52 bits per heavy atom. The number of benzene rings is 1. The summed E-state index contributed by atoms with van der Waals surface area (Å²) in [6.07, 6.45) is 1.20. The molecular formula is C38H92O12Si4. The minimum atomic E-state index is -2.60. The molecule has 12 nitrogen and oxygen atoms in total. The minimum Gasteiger partial charge on any atom is -0.415 e. The fraction of sp³-hybridized carbons (Fsp3) is 0.842. The van der Waals surface area contributed by atoms with E-state index in [4.69, 9.17) is 40.5 Å². The first kappa shape index (κ1) is 68.3. The maximum Gasteiger partial charge on any atom is 0.368 e. The molecule has 2 rings (SSSR count). The second-order valence-electron chi connectivity index (χ2n) is 13.6. The topological polar surface area (TPSA) is 147 Å². The van der Waals surface area contributed by atoms with Crippen LogP contribution in [-0.2, 0) is 40.5 Å². The molecule has 0 bridgehead atoms. The molecule has 5 unspecified atom stereocenters. The van der Waals surface area contributed by atoms with Crippen LogP contribution in [0.2, 0.25) is 44.8 Å². The van der Waals surface area contributed by atoms with Crippen molar-refractivity contribution in [2.75, 3.05) is 62.0 Å². The minimum absolute atomic E-state index is 0. The molecule has 0 radical (unpaired) electrons. The summed E-state index contributed by atoms with van der Waals surface area (Å²) in [5.74, 6) is 0. The Kier molecular flexibility index (Phi) is 39.9. The molecule has 0 aliphatic carbocycles. The van der Waals surface area contributed by atoms with Gasteiger partial charge in [0.05, 0.1) is 25.4 Å². The lowest BCUT2D eigenvalue weighted by Gasteiger charge is -2.31. The Morgan fingerprint density at radius 2 is 1.17 bits per heavy atom. The normalized spacial score (nSPS) is 18.8. The monoisotopic (exact) mass is 853 g/mol. The van der Waals surface area contributed by atoms with Crippen molar-refractivity contribution in [3.8, 4) is 0 Å². The van der Waals surface area contributed by atoms with Gasteiger partial charge in [-0.2, -0.15) is 0 Å². The summed E-state index contributed by atoms with van der Waals surface area (Å²) in [7, 11) is -0.500. The number of hydrogen-bond acceptors (Lipinski definition) is 12. The van der Waals surface area contributed by atoms with Gasteiger partial charge in [-0.25, -0.2) is 0 Å². The quantitative estimate of drug-likeness (QED) is 0.0627. The largest absolute Gasteiger partial charge is 0.415 e. The van der Waals surface area contributed by atoms with Crippen LogP contribution in [0, 0.1) is 0 Å². The summed E-state index contributed by atoms with van der Waals surface area (Å²) in [6.45, 7) is 18.6.